The van der Waals surface area contributed by atoms with Gasteiger partial charge in [0.1, 0.15) is 5.82 Å². The number of aromatic nitrogens is 6. The second kappa shape index (κ2) is 5.80. The summed E-state index contributed by atoms with van der Waals surface area (Å²) in [5.41, 5.74) is 1.82. The molecule has 0 atom stereocenters. The molecule has 2 N–H and O–H groups in total. The lowest BCUT2D eigenvalue weighted by atomic mass is 10.1. The van der Waals surface area contributed by atoms with E-state index in [9.17, 15) is 0 Å². The van der Waals surface area contributed by atoms with E-state index in [1.807, 2.05) is 34.6 Å². The van der Waals surface area contributed by atoms with Crippen LogP contribution < -0.4 is 5.32 Å². The van der Waals surface area contributed by atoms with Crippen LogP contribution in [0, 0.1) is 13.8 Å². The van der Waals surface area contributed by atoms with Crippen molar-refractivity contribution < 1.29 is 5.11 Å². The maximum atomic E-state index is 9.10. The van der Waals surface area contributed by atoms with Gasteiger partial charge in [0.05, 0.1) is 30.9 Å². The molecule has 0 saturated heterocycles. The molecular formula is C13H23N7O. The van der Waals surface area contributed by atoms with Crippen LogP contribution in [0.15, 0.2) is 0 Å². The molecule has 0 aromatic carbocycles. The highest BCUT2D eigenvalue weighted by Gasteiger charge is 2.17. The average molecular weight is 293 g/mol. The molecule has 116 valence electrons. The summed E-state index contributed by atoms with van der Waals surface area (Å²) in [6.07, 6.45) is 0. The third kappa shape index (κ3) is 3.38. The zero-order valence-electron chi connectivity index (χ0n) is 13.3. The molecule has 0 aliphatic carbocycles. The molecule has 2 aromatic rings. The molecule has 0 unspecified atom stereocenters. The summed E-state index contributed by atoms with van der Waals surface area (Å²) in [6, 6.07) is 0. The van der Waals surface area contributed by atoms with Crippen molar-refractivity contribution in [1.29, 1.82) is 0 Å². The van der Waals surface area contributed by atoms with Gasteiger partial charge in [-0.15, -0.1) is 10.2 Å². The van der Waals surface area contributed by atoms with Crippen LogP contribution in [0.3, 0.4) is 0 Å². The number of nitrogens with one attached hydrogen (secondary N) is 1. The minimum Gasteiger partial charge on any atom is -0.394 e. The standard InChI is InChI=1S/C13H23N7O/c1-9-10(2)16-19(6-7-21)12(9)14-8-11-15-18-20(17-11)13(3,4)5/h14,21H,6-8H2,1-5H3. The van der Waals surface area contributed by atoms with Gasteiger partial charge >= 0.3 is 0 Å². The number of rotatable bonds is 5. The van der Waals surface area contributed by atoms with E-state index in [4.69, 9.17) is 5.11 Å². The molecule has 0 amide bonds. The monoisotopic (exact) mass is 293 g/mol. The van der Waals surface area contributed by atoms with Gasteiger partial charge in [-0.25, -0.2) is 4.68 Å². The van der Waals surface area contributed by atoms with E-state index in [0.717, 1.165) is 17.1 Å². The lowest BCUT2D eigenvalue weighted by Gasteiger charge is -2.15. The Balaban J connectivity index is 2.11. The van der Waals surface area contributed by atoms with Gasteiger partial charge in [-0.2, -0.15) is 9.90 Å². The van der Waals surface area contributed by atoms with Crippen molar-refractivity contribution in [2.75, 3.05) is 11.9 Å². The number of hydrogen-bond donors (Lipinski definition) is 2. The van der Waals surface area contributed by atoms with E-state index in [1.54, 1.807) is 9.48 Å². The van der Waals surface area contributed by atoms with Gasteiger partial charge in [-0.05, 0) is 39.8 Å². The first-order valence-electron chi connectivity index (χ1n) is 7.01. The van der Waals surface area contributed by atoms with Crippen LogP contribution in [-0.2, 0) is 18.6 Å². The fourth-order valence-electron chi connectivity index (χ4n) is 1.91. The maximum Gasteiger partial charge on any atom is 0.193 e. The number of nitrogens with zero attached hydrogens (tertiary/aromatic N) is 6. The van der Waals surface area contributed by atoms with E-state index >= 15 is 0 Å². The topological polar surface area (TPSA) is 93.7 Å². The number of aliphatic hydroxyl groups is 1. The van der Waals surface area contributed by atoms with E-state index in [2.05, 4.69) is 25.8 Å². The predicted octanol–water partition coefficient (Wildman–Crippen LogP) is 0.846. The molecular weight excluding hydrogens is 270 g/mol. The molecule has 0 radical (unpaired) electrons. The highest BCUT2D eigenvalue weighted by Crippen LogP contribution is 2.18. The van der Waals surface area contributed by atoms with Gasteiger partial charge in [-0.1, -0.05) is 0 Å². The number of aliphatic hydroxyl groups excluding tert-OH is 1. The maximum absolute atomic E-state index is 9.10. The fraction of sp³-hybridized carbons (Fsp3) is 0.692. The Kier molecular flexibility index (Phi) is 4.26. The SMILES string of the molecule is Cc1nn(CCO)c(NCc2nnn(C(C)(C)C)n2)c1C. The van der Waals surface area contributed by atoms with Crippen molar-refractivity contribution in [3.05, 3.63) is 17.1 Å². The highest BCUT2D eigenvalue weighted by atomic mass is 16.3. The number of aryl methyl sites for hydroxylation is 1. The zero-order valence-corrected chi connectivity index (χ0v) is 13.3. The fourth-order valence-corrected chi connectivity index (χ4v) is 1.91. The summed E-state index contributed by atoms with van der Waals surface area (Å²) in [6.45, 7) is 11.0. The van der Waals surface area contributed by atoms with E-state index in [0.29, 0.717) is 18.9 Å². The molecule has 0 spiro atoms. The minimum atomic E-state index is -0.184. The van der Waals surface area contributed by atoms with Gasteiger partial charge in [0.2, 0.25) is 0 Å². The largest absolute Gasteiger partial charge is 0.394 e. The summed E-state index contributed by atoms with van der Waals surface area (Å²) >= 11 is 0. The molecule has 0 fully saturated rings. The molecule has 8 heteroatoms. The molecule has 21 heavy (non-hydrogen) atoms. The Morgan fingerprint density at radius 2 is 1.90 bits per heavy atom. The molecule has 2 heterocycles. The van der Waals surface area contributed by atoms with E-state index in [-0.39, 0.29) is 12.1 Å². The van der Waals surface area contributed by atoms with Crippen molar-refractivity contribution in [1.82, 2.24) is 30.0 Å². The third-order valence-electron chi connectivity index (χ3n) is 3.21. The quantitative estimate of drug-likeness (QED) is 0.848. The van der Waals surface area contributed by atoms with Crippen molar-refractivity contribution in [2.24, 2.45) is 0 Å². The summed E-state index contributed by atoms with van der Waals surface area (Å²) in [5.74, 6) is 1.51. The average Bonchev–Trinajstić information content (AvgIpc) is 2.95. The summed E-state index contributed by atoms with van der Waals surface area (Å²) in [5, 5.41) is 29.2. The Morgan fingerprint density at radius 3 is 2.48 bits per heavy atom. The van der Waals surface area contributed by atoms with Gasteiger partial charge in [0.15, 0.2) is 5.82 Å². The van der Waals surface area contributed by atoms with Crippen molar-refractivity contribution in [3.8, 4) is 0 Å². The van der Waals surface area contributed by atoms with Crippen LogP contribution in [0.5, 0.6) is 0 Å². The van der Waals surface area contributed by atoms with Crippen LogP contribution in [0.2, 0.25) is 0 Å². The van der Waals surface area contributed by atoms with Crippen molar-refractivity contribution in [3.63, 3.8) is 0 Å². The Hall–Kier alpha value is -1.96. The van der Waals surface area contributed by atoms with Gasteiger partial charge < -0.3 is 10.4 Å². The Labute approximate surface area is 124 Å². The smallest absolute Gasteiger partial charge is 0.193 e. The van der Waals surface area contributed by atoms with Crippen LogP contribution in [0.1, 0.15) is 37.9 Å². The van der Waals surface area contributed by atoms with Crippen LogP contribution in [0.4, 0.5) is 5.82 Å². The minimum absolute atomic E-state index is 0.0493. The van der Waals surface area contributed by atoms with E-state index < -0.39 is 0 Å². The van der Waals surface area contributed by atoms with E-state index in [1.165, 1.54) is 0 Å². The molecule has 8 nitrogen and oxygen atoms in total. The Morgan fingerprint density at radius 1 is 1.19 bits per heavy atom. The molecule has 0 bridgehead atoms. The lowest BCUT2D eigenvalue weighted by molar-refractivity contribution is 0.270. The van der Waals surface area contributed by atoms with Crippen molar-refractivity contribution in [2.45, 2.75) is 53.2 Å². The molecule has 2 rings (SSSR count). The van der Waals surface area contributed by atoms with Gasteiger partial charge in [-0.3, -0.25) is 0 Å². The Bertz CT molecular complexity index is 609. The second-order valence-electron chi connectivity index (χ2n) is 6.03. The zero-order chi connectivity index (χ0) is 15.6. The van der Waals surface area contributed by atoms with Crippen LogP contribution in [-0.4, -0.2) is 41.7 Å². The number of anilines is 1. The molecule has 0 saturated carbocycles. The van der Waals surface area contributed by atoms with Crippen molar-refractivity contribution >= 4 is 5.82 Å². The third-order valence-corrected chi connectivity index (χ3v) is 3.21. The second-order valence-corrected chi connectivity index (χ2v) is 6.03. The first kappa shape index (κ1) is 15.4. The first-order chi connectivity index (χ1) is 9.82. The molecule has 0 aliphatic rings. The number of hydrogen-bond acceptors (Lipinski definition) is 6. The van der Waals surface area contributed by atoms with Gasteiger partial charge in [0, 0.05) is 5.56 Å². The first-order valence-corrected chi connectivity index (χ1v) is 7.01. The lowest BCUT2D eigenvalue weighted by Crippen LogP contribution is -2.24. The van der Waals surface area contributed by atoms with Crippen LogP contribution in [0.25, 0.3) is 0 Å². The molecule has 0 aliphatic heterocycles. The normalized spacial score (nSPS) is 11.9. The summed E-state index contributed by atoms with van der Waals surface area (Å²) in [4.78, 5) is 1.60. The summed E-state index contributed by atoms with van der Waals surface area (Å²) < 4.78 is 1.76. The van der Waals surface area contributed by atoms with Gasteiger partial charge in [0.25, 0.3) is 0 Å². The predicted molar refractivity (Wildman–Crippen MR) is 78.9 cm³/mol. The summed E-state index contributed by atoms with van der Waals surface area (Å²) in [7, 11) is 0. The highest BCUT2D eigenvalue weighted by molar-refractivity contribution is 5.46. The number of tetrazole rings is 1. The van der Waals surface area contributed by atoms with Crippen LogP contribution >= 0.6 is 0 Å². The molecule has 2 aromatic heterocycles.